The molecule has 1 aromatic heterocycles. The highest BCUT2D eigenvalue weighted by Crippen LogP contribution is 2.54. The molecule has 0 radical (unpaired) electrons. The second-order valence-electron chi connectivity index (χ2n) is 2.77. The van der Waals surface area contributed by atoms with Crippen molar-refractivity contribution >= 4 is 23.6 Å². The van der Waals surface area contributed by atoms with Gasteiger partial charge >= 0.3 is 12.3 Å². The molecule has 0 saturated carbocycles. The Morgan fingerprint density at radius 2 is 1.39 bits per heavy atom. The van der Waals surface area contributed by atoms with Crippen LogP contribution in [0.1, 0.15) is 0 Å². The van der Waals surface area contributed by atoms with Gasteiger partial charge in [-0.25, -0.2) is 9.59 Å². The van der Waals surface area contributed by atoms with Crippen LogP contribution in [0.25, 0.3) is 0 Å². The Morgan fingerprint density at radius 1 is 1.00 bits per heavy atom. The summed E-state index contributed by atoms with van der Waals surface area (Å²) in [5, 5.41) is 16.7. The molecule has 1 aromatic rings. The largest absolute Gasteiger partial charge is 0.512 e. The summed E-state index contributed by atoms with van der Waals surface area (Å²) >= 11 is 0.676. The zero-order chi connectivity index (χ0) is 12.4. The van der Waals surface area contributed by atoms with E-state index in [9.17, 15) is 9.59 Å². The zero-order valence-electron chi connectivity index (χ0n) is 8.67. The number of hydrogen-bond donors (Lipinski definition) is 2. The fourth-order valence-corrected chi connectivity index (χ4v) is 2.07. The number of hydrogen-bond acceptors (Lipinski definition) is 7. The van der Waals surface area contributed by atoms with Crippen LogP contribution in [0.3, 0.4) is 0 Å². The van der Waals surface area contributed by atoms with E-state index in [1.807, 2.05) is 0 Å². The standard InChI is InChI=1S/C8H6O8S.H2O/c9-7(10)15-5-3-4(14-2-1-13-3)6(17-5)16-8(11)12;/h1-2H2,(H,9,10)(H,11,12);1H2. The van der Waals surface area contributed by atoms with E-state index in [0.29, 0.717) is 11.3 Å². The summed E-state index contributed by atoms with van der Waals surface area (Å²) < 4.78 is 19.1. The summed E-state index contributed by atoms with van der Waals surface area (Å²) in [5.74, 6) is 0.0831. The molecule has 0 saturated heterocycles. The van der Waals surface area contributed by atoms with Crippen LogP contribution in [0.4, 0.5) is 9.59 Å². The second kappa shape index (κ2) is 5.42. The number of carbonyl (C=O) groups is 2. The van der Waals surface area contributed by atoms with Gasteiger partial charge in [0.25, 0.3) is 0 Å². The monoisotopic (exact) mass is 280 g/mol. The van der Waals surface area contributed by atoms with E-state index in [-0.39, 0.29) is 40.3 Å². The highest BCUT2D eigenvalue weighted by molar-refractivity contribution is 7.16. The summed E-state index contributed by atoms with van der Waals surface area (Å²) in [5.41, 5.74) is 0. The molecule has 10 heteroatoms. The Balaban J connectivity index is 0.00000162. The molecule has 100 valence electrons. The lowest BCUT2D eigenvalue weighted by molar-refractivity contribution is 0.131. The molecule has 2 rings (SSSR count). The van der Waals surface area contributed by atoms with Crippen LogP contribution in [0.5, 0.6) is 21.6 Å². The first kappa shape index (κ1) is 13.9. The summed E-state index contributed by atoms with van der Waals surface area (Å²) in [6.07, 6.45) is -3.07. The molecule has 1 aliphatic heterocycles. The number of ether oxygens (including phenoxy) is 4. The SMILES string of the molecule is O.O=C(O)Oc1sc(OC(=O)O)c2c1OCCO2. The van der Waals surface area contributed by atoms with Crippen molar-refractivity contribution < 1.29 is 44.2 Å². The molecule has 18 heavy (non-hydrogen) atoms. The van der Waals surface area contributed by atoms with Crippen LogP contribution in [0.2, 0.25) is 0 Å². The highest BCUT2D eigenvalue weighted by atomic mass is 32.1. The number of rotatable bonds is 2. The molecule has 0 aromatic carbocycles. The van der Waals surface area contributed by atoms with E-state index in [4.69, 9.17) is 19.7 Å². The first-order valence-corrected chi connectivity index (χ1v) is 5.13. The predicted molar refractivity (Wildman–Crippen MR) is 56.2 cm³/mol. The van der Waals surface area contributed by atoms with Crippen LogP contribution in [0, 0.1) is 0 Å². The molecule has 9 nitrogen and oxygen atoms in total. The molecule has 0 spiro atoms. The quantitative estimate of drug-likeness (QED) is 0.757. The summed E-state index contributed by atoms with van der Waals surface area (Å²) in [6, 6.07) is 0. The fraction of sp³-hybridized carbons (Fsp3) is 0.250. The highest BCUT2D eigenvalue weighted by Gasteiger charge is 2.29. The van der Waals surface area contributed by atoms with Crippen molar-refractivity contribution in [2.45, 2.75) is 0 Å². The molecule has 0 atom stereocenters. The predicted octanol–water partition coefficient (Wildman–Crippen LogP) is 0.808. The fourth-order valence-electron chi connectivity index (χ4n) is 1.19. The van der Waals surface area contributed by atoms with E-state index in [1.54, 1.807) is 0 Å². The lowest BCUT2D eigenvalue weighted by Gasteiger charge is -2.15. The van der Waals surface area contributed by atoms with E-state index >= 15 is 0 Å². The maximum Gasteiger partial charge on any atom is 0.512 e. The van der Waals surface area contributed by atoms with Gasteiger partial charge in [0, 0.05) is 0 Å². The van der Waals surface area contributed by atoms with Gasteiger partial charge in [-0.15, -0.1) is 0 Å². The third-order valence-electron chi connectivity index (χ3n) is 1.70. The van der Waals surface area contributed by atoms with Gasteiger partial charge in [-0.3, -0.25) is 0 Å². The van der Waals surface area contributed by atoms with Crippen molar-refractivity contribution in [3.8, 4) is 21.6 Å². The first-order valence-electron chi connectivity index (χ1n) is 4.32. The molecular weight excluding hydrogens is 272 g/mol. The Morgan fingerprint density at radius 3 is 1.72 bits per heavy atom. The normalized spacial score (nSPS) is 12.2. The topological polar surface area (TPSA) is 143 Å². The average Bonchev–Trinajstić information content (AvgIpc) is 2.56. The lowest BCUT2D eigenvalue weighted by Crippen LogP contribution is -2.16. The van der Waals surface area contributed by atoms with Gasteiger partial charge in [-0.05, 0) is 0 Å². The van der Waals surface area contributed by atoms with Gasteiger partial charge in [0.15, 0.2) is 0 Å². The van der Waals surface area contributed by atoms with E-state index in [2.05, 4.69) is 9.47 Å². The van der Waals surface area contributed by atoms with Crippen LogP contribution < -0.4 is 18.9 Å². The van der Waals surface area contributed by atoms with E-state index < -0.39 is 12.3 Å². The second-order valence-corrected chi connectivity index (χ2v) is 3.71. The molecule has 1 aliphatic rings. The third-order valence-corrected chi connectivity index (χ3v) is 2.61. The average molecular weight is 280 g/mol. The molecule has 0 amide bonds. The minimum atomic E-state index is -1.54. The van der Waals surface area contributed by atoms with Gasteiger partial charge in [0.2, 0.25) is 21.6 Å². The summed E-state index contributed by atoms with van der Waals surface area (Å²) in [6.45, 7) is 0.429. The molecule has 0 aliphatic carbocycles. The van der Waals surface area contributed by atoms with E-state index in [0.717, 1.165) is 0 Å². The van der Waals surface area contributed by atoms with Crippen molar-refractivity contribution in [1.82, 2.24) is 0 Å². The van der Waals surface area contributed by atoms with Crippen LogP contribution in [-0.2, 0) is 0 Å². The Bertz CT molecular complexity index is 425. The van der Waals surface area contributed by atoms with Gasteiger partial charge in [-0.1, -0.05) is 11.3 Å². The van der Waals surface area contributed by atoms with Crippen molar-refractivity contribution in [3.05, 3.63) is 0 Å². The molecular formula is C8H8O9S. The molecule has 0 unspecified atom stereocenters. The molecule has 2 heterocycles. The lowest BCUT2D eigenvalue weighted by atomic mass is 10.4. The number of carboxylic acid groups (broad SMARTS) is 2. The van der Waals surface area contributed by atoms with Crippen LogP contribution in [0.15, 0.2) is 0 Å². The Kier molecular flexibility index (Phi) is 4.18. The summed E-state index contributed by atoms with van der Waals surface area (Å²) in [4.78, 5) is 20.8. The van der Waals surface area contributed by atoms with Gasteiger partial charge in [0.05, 0.1) is 0 Å². The van der Waals surface area contributed by atoms with Crippen molar-refractivity contribution in [2.75, 3.05) is 13.2 Å². The summed E-state index contributed by atoms with van der Waals surface area (Å²) in [7, 11) is 0. The maximum absolute atomic E-state index is 10.4. The number of thiophene rings is 1. The van der Waals surface area contributed by atoms with Gasteiger partial charge in [0.1, 0.15) is 13.2 Å². The van der Waals surface area contributed by atoms with Gasteiger partial charge in [-0.2, -0.15) is 0 Å². The third kappa shape index (κ3) is 2.73. The van der Waals surface area contributed by atoms with E-state index in [1.165, 1.54) is 0 Å². The molecule has 4 N–H and O–H groups in total. The van der Waals surface area contributed by atoms with Crippen LogP contribution in [-0.4, -0.2) is 41.2 Å². The molecule has 0 fully saturated rings. The zero-order valence-corrected chi connectivity index (χ0v) is 9.48. The minimum absolute atomic E-state index is 0. The maximum atomic E-state index is 10.4. The van der Waals surface area contributed by atoms with Gasteiger partial charge < -0.3 is 34.6 Å². The number of fused-ring (bicyclic) bond motifs is 1. The first-order chi connectivity index (χ1) is 8.08. The smallest absolute Gasteiger partial charge is 0.482 e. The molecule has 0 bridgehead atoms. The Hall–Kier alpha value is -2.20. The Labute approximate surface area is 103 Å². The van der Waals surface area contributed by atoms with Crippen molar-refractivity contribution in [2.24, 2.45) is 0 Å². The van der Waals surface area contributed by atoms with Crippen LogP contribution >= 0.6 is 11.3 Å². The van der Waals surface area contributed by atoms with Crippen molar-refractivity contribution in [3.63, 3.8) is 0 Å². The van der Waals surface area contributed by atoms with Crippen molar-refractivity contribution in [1.29, 1.82) is 0 Å². The minimum Gasteiger partial charge on any atom is -0.482 e.